The van der Waals surface area contributed by atoms with Gasteiger partial charge in [-0.3, -0.25) is 0 Å². The molecule has 0 aliphatic heterocycles. The number of likely N-dealkylation sites (N-methyl/N-ethyl adjacent to an activating group) is 1. The van der Waals surface area contributed by atoms with Gasteiger partial charge in [-0.05, 0) is 39.2 Å². The first-order chi connectivity index (χ1) is 8.33. The number of hydrogen-bond acceptors (Lipinski definition) is 2. The van der Waals surface area contributed by atoms with Gasteiger partial charge in [-0.1, -0.05) is 39.0 Å². The van der Waals surface area contributed by atoms with Gasteiger partial charge in [-0.15, -0.1) is 0 Å². The molecule has 1 saturated carbocycles. The van der Waals surface area contributed by atoms with Crippen LogP contribution in [0.25, 0.3) is 0 Å². The maximum absolute atomic E-state index is 6.07. The Bertz CT molecular complexity index is 178. The molecule has 0 aromatic heterocycles. The number of nitrogens with one attached hydrogen (secondary N) is 1. The molecule has 0 saturated heterocycles. The van der Waals surface area contributed by atoms with Crippen LogP contribution in [0.1, 0.15) is 65.2 Å². The Kier molecular flexibility index (Phi) is 7.87. The Hall–Kier alpha value is -0.0800. The maximum Gasteiger partial charge on any atom is 0.0755 e. The Morgan fingerprint density at radius 2 is 1.88 bits per heavy atom. The van der Waals surface area contributed by atoms with Crippen LogP contribution in [0.4, 0.5) is 0 Å². The van der Waals surface area contributed by atoms with Crippen LogP contribution in [0.5, 0.6) is 0 Å². The Labute approximate surface area is 108 Å². The van der Waals surface area contributed by atoms with Crippen molar-refractivity contribution in [2.24, 2.45) is 5.92 Å². The molecule has 0 spiro atoms. The lowest BCUT2D eigenvalue weighted by molar-refractivity contribution is -0.0181. The molecule has 1 aliphatic carbocycles. The van der Waals surface area contributed by atoms with E-state index in [1.54, 1.807) is 0 Å². The van der Waals surface area contributed by atoms with Crippen molar-refractivity contribution in [2.75, 3.05) is 13.7 Å². The topological polar surface area (TPSA) is 21.3 Å². The molecule has 0 aromatic rings. The largest absolute Gasteiger partial charge is 0.377 e. The molecule has 2 atom stereocenters. The highest BCUT2D eigenvalue weighted by Crippen LogP contribution is 2.30. The van der Waals surface area contributed by atoms with Crippen LogP contribution in [0.15, 0.2) is 0 Å². The molecular formula is C15H31NO. The number of rotatable bonds is 8. The van der Waals surface area contributed by atoms with E-state index in [1.165, 1.54) is 51.4 Å². The second kappa shape index (κ2) is 8.93. The summed E-state index contributed by atoms with van der Waals surface area (Å²) < 4.78 is 6.07. The molecule has 17 heavy (non-hydrogen) atoms. The minimum Gasteiger partial charge on any atom is -0.377 e. The second-order valence-electron chi connectivity index (χ2n) is 5.36. The maximum atomic E-state index is 6.07. The SMILES string of the molecule is CCCCC(NC)C(OCC)C1CCCCC1. The van der Waals surface area contributed by atoms with Gasteiger partial charge in [0.15, 0.2) is 0 Å². The van der Waals surface area contributed by atoms with Gasteiger partial charge in [-0.25, -0.2) is 0 Å². The van der Waals surface area contributed by atoms with Crippen molar-refractivity contribution in [3.05, 3.63) is 0 Å². The molecule has 0 bridgehead atoms. The molecule has 1 N–H and O–H groups in total. The lowest BCUT2D eigenvalue weighted by Crippen LogP contribution is -2.44. The predicted octanol–water partition coefficient (Wildman–Crippen LogP) is 3.75. The summed E-state index contributed by atoms with van der Waals surface area (Å²) in [6, 6.07) is 0.554. The van der Waals surface area contributed by atoms with Crippen molar-refractivity contribution in [3.63, 3.8) is 0 Å². The van der Waals surface area contributed by atoms with Gasteiger partial charge in [0.05, 0.1) is 6.10 Å². The van der Waals surface area contributed by atoms with Crippen molar-refractivity contribution in [3.8, 4) is 0 Å². The van der Waals surface area contributed by atoms with Crippen LogP contribution in [0, 0.1) is 5.92 Å². The van der Waals surface area contributed by atoms with E-state index in [-0.39, 0.29) is 0 Å². The van der Waals surface area contributed by atoms with E-state index in [2.05, 4.69) is 26.2 Å². The quantitative estimate of drug-likeness (QED) is 0.699. The van der Waals surface area contributed by atoms with Crippen molar-refractivity contribution in [1.29, 1.82) is 0 Å². The summed E-state index contributed by atoms with van der Waals surface area (Å²) >= 11 is 0. The van der Waals surface area contributed by atoms with Crippen molar-refractivity contribution < 1.29 is 4.74 Å². The van der Waals surface area contributed by atoms with Crippen molar-refractivity contribution >= 4 is 0 Å². The van der Waals surface area contributed by atoms with Gasteiger partial charge in [-0.2, -0.15) is 0 Å². The predicted molar refractivity (Wildman–Crippen MR) is 74.4 cm³/mol. The van der Waals surface area contributed by atoms with E-state index < -0.39 is 0 Å². The van der Waals surface area contributed by atoms with E-state index in [4.69, 9.17) is 4.74 Å². The third-order valence-corrected chi connectivity index (χ3v) is 4.11. The third kappa shape index (κ3) is 4.97. The van der Waals surface area contributed by atoms with Crippen molar-refractivity contribution in [1.82, 2.24) is 5.32 Å². The van der Waals surface area contributed by atoms with Crippen molar-refractivity contribution in [2.45, 2.75) is 77.4 Å². The molecule has 1 rings (SSSR count). The average Bonchev–Trinajstić information content (AvgIpc) is 2.39. The van der Waals surface area contributed by atoms with Gasteiger partial charge in [0.1, 0.15) is 0 Å². The van der Waals surface area contributed by atoms with E-state index >= 15 is 0 Å². The summed E-state index contributed by atoms with van der Waals surface area (Å²) in [6.07, 6.45) is 11.3. The molecule has 2 nitrogen and oxygen atoms in total. The first-order valence-electron chi connectivity index (χ1n) is 7.62. The van der Waals surface area contributed by atoms with Gasteiger partial charge in [0.2, 0.25) is 0 Å². The zero-order chi connectivity index (χ0) is 12.5. The third-order valence-electron chi connectivity index (χ3n) is 4.11. The van der Waals surface area contributed by atoms with E-state index in [0.29, 0.717) is 12.1 Å². The van der Waals surface area contributed by atoms with Crippen LogP contribution < -0.4 is 5.32 Å². The fourth-order valence-electron chi connectivity index (χ4n) is 3.13. The van der Waals surface area contributed by atoms with Crippen LogP contribution in [-0.2, 0) is 4.74 Å². The Morgan fingerprint density at radius 1 is 1.18 bits per heavy atom. The summed E-state index contributed by atoms with van der Waals surface area (Å²) in [5.74, 6) is 0.790. The van der Waals surface area contributed by atoms with E-state index in [1.807, 2.05) is 0 Å². The highest BCUT2D eigenvalue weighted by molar-refractivity contribution is 4.84. The molecule has 2 heteroatoms. The monoisotopic (exact) mass is 241 g/mol. The van der Waals surface area contributed by atoms with Gasteiger partial charge >= 0.3 is 0 Å². The standard InChI is InChI=1S/C15H31NO/c1-4-6-12-14(16-3)15(17-5-2)13-10-8-7-9-11-13/h13-16H,4-12H2,1-3H3. The lowest BCUT2D eigenvalue weighted by atomic mass is 9.81. The molecule has 1 aliphatic rings. The summed E-state index contributed by atoms with van der Waals surface area (Å²) in [5.41, 5.74) is 0. The zero-order valence-corrected chi connectivity index (χ0v) is 12.0. The minimum atomic E-state index is 0.442. The van der Waals surface area contributed by atoms with Crippen LogP contribution in [-0.4, -0.2) is 25.8 Å². The molecular weight excluding hydrogens is 210 g/mol. The molecule has 102 valence electrons. The Balaban J connectivity index is 2.53. The Morgan fingerprint density at radius 3 is 2.41 bits per heavy atom. The molecule has 1 fully saturated rings. The zero-order valence-electron chi connectivity index (χ0n) is 12.0. The molecule has 0 amide bonds. The number of unbranched alkanes of at least 4 members (excludes halogenated alkanes) is 1. The summed E-state index contributed by atoms with van der Waals surface area (Å²) in [4.78, 5) is 0. The second-order valence-corrected chi connectivity index (χ2v) is 5.36. The van der Waals surface area contributed by atoms with Gasteiger partial charge in [0.25, 0.3) is 0 Å². The minimum absolute atomic E-state index is 0.442. The normalized spacial score (nSPS) is 21.4. The van der Waals surface area contributed by atoms with Crippen LogP contribution in [0.2, 0.25) is 0 Å². The summed E-state index contributed by atoms with van der Waals surface area (Å²) in [5, 5.41) is 3.49. The van der Waals surface area contributed by atoms with E-state index in [9.17, 15) is 0 Å². The molecule has 0 heterocycles. The lowest BCUT2D eigenvalue weighted by Gasteiger charge is -2.35. The fourth-order valence-corrected chi connectivity index (χ4v) is 3.13. The molecule has 0 radical (unpaired) electrons. The summed E-state index contributed by atoms with van der Waals surface area (Å²) in [6.45, 7) is 5.25. The summed E-state index contributed by atoms with van der Waals surface area (Å²) in [7, 11) is 2.09. The van der Waals surface area contributed by atoms with Gasteiger partial charge < -0.3 is 10.1 Å². The van der Waals surface area contributed by atoms with E-state index in [0.717, 1.165) is 12.5 Å². The molecule has 2 unspecified atom stereocenters. The highest BCUT2D eigenvalue weighted by atomic mass is 16.5. The van der Waals surface area contributed by atoms with Gasteiger partial charge in [0, 0.05) is 12.6 Å². The molecule has 0 aromatic carbocycles. The first-order valence-corrected chi connectivity index (χ1v) is 7.62. The first kappa shape index (κ1) is 15.0. The average molecular weight is 241 g/mol. The fraction of sp³-hybridized carbons (Fsp3) is 1.00. The van der Waals surface area contributed by atoms with Crippen LogP contribution in [0.3, 0.4) is 0 Å². The van der Waals surface area contributed by atoms with Crippen LogP contribution >= 0.6 is 0 Å². The number of ether oxygens (including phenoxy) is 1. The highest BCUT2D eigenvalue weighted by Gasteiger charge is 2.29. The smallest absolute Gasteiger partial charge is 0.0755 e. The number of hydrogen-bond donors (Lipinski definition) is 1.